The first-order chi connectivity index (χ1) is 10.4. The molecule has 112 valence electrons. The van der Waals surface area contributed by atoms with E-state index >= 15 is 0 Å². The second kappa shape index (κ2) is 5.90. The van der Waals surface area contributed by atoms with Gasteiger partial charge in [0.1, 0.15) is 5.75 Å². The molecule has 0 aliphatic rings. The van der Waals surface area contributed by atoms with E-state index in [1.165, 1.54) is 37.4 Å². The zero-order valence-corrected chi connectivity index (χ0v) is 11.4. The van der Waals surface area contributed by atoms with Gasteiger partial charge in [-0.25, -0.2) is 0 Å². The summed E-state index contributed by atoms with van der Waals surface area (Å²) in [6.45, 7) is 0. The van der Waals surface area contributed by atoms with Crippen molar-refractivity contribution in [3.63, 3.8) is 0 Å². The molecule has 0 unspecified atom stereocenters. The summed E-state index contributed by atoms with van der Waals surface area (Å²) in [6, 6.07) is 9.18. The average Bonchev–Trinajstić information content (AvgIpc) is 2.52. The Morgan fingerprint density at radius 2 is 1.91 bits per heavy atom. The van der Waals surface area contributed by atoms with Gasteiger partial charge in [-0.15, -0.1) is 0 Å². The summed E-state index contributed by atoms with van der Waals surface area (Å²) in [5.41, 5.74) is -0.733. The summed E-state index contributed by atoms with van der Waals surface area (Å²) in [7, 11) is 1.37. The number of aldehydes is 1. The van der Waals surface area contributed by atoms with E-state index in [2.05, 4.69) is 0 Å². The summed E-state index contributed by atoms with van der Waals surface area (Å²) in [5, 5.41) is 8.76. The van der Waals surface area contributed by atoms with Crippen molar-refractivity contribution in [2.45, 2.75) is 6.18 Å². The lowest BCUT2D eigenvalue weighted by atomic mass is 9.96. The number of alkyl halides is 3. The lowest BCUT2D eigenvalue weighted by Gasteiger charge is -2.14. The second-order valence-electron chi connectivity index (χ2n) is 4.44. The summed E-state index contributed by atoms with van der Waals surface area (Å²) in [5.74, 6) is 0.279. The number of carbonyl (C=O) groups excluding carboxylic acids is 1. The number of nitrogens with zero attached hydrogens (tertiary/aromatic N) is 1. The number of ether oxygens (including phenoxy) is 1. The highest BCUT2D eigenvalue weighted by Gasteiger charge is 2.34. The minimum Gasteiger partial charge on any atom is -0.496 e. The molecular weight excluding hydrogens is 295 g/mol. The summed E-state index contributed by atoms with van der Waals surface area (Å²) in [6.07, 6.45) is -4.09. The number of hydrogen-bond donors (Lipinski definition) is 0. The SMILES string of the molecule is COc1ccc(-c2ccc(C#N)cc2C(F)(F)F)cc1C=O. The zero-order valence-electron chi connectivity index (χ0n) is 11.4. The van der Waals surface area contributed by atoms with E-state index in [-0.39, 0.29) is 28.0 Å². The molecule has 2 aromatic carbocycles. The van der Waals surface area contributed by atoms with Gasteiger partial charge in [0.2, 0.25) is 0 Å². The fraction of sp³-hybridized carbons (Fsp3) is 0.125. The number of rotatable bonds is 3. The minimum atomic E-state index is -4.61. The molecule has 0 atom stereocenters. The van der Waals surface area contributed by atoms with Crippen LogP contribution in [0.15, 0.2) is 36.4 Å². The van der Waals surface area contributed by atoms with Crippen LogP contribution in [0.3, 0.4) is 0 Å². The predicted molar refractivity (Wildman–Crippen MR) is 73.5 cm³/mol. The molecular formula is C16H10F3NO2. The predicted octanol–water partition coefficient (Wildman–Crippen LogP) is 4.07. The molecule has 2 aromatic rings. The first-order valence-corrected chi connectivity index (χ1v) is 6.15. The van der Waals surface area contributed by atoms with Crippen LogP contribution in [-0.2, 0) is 6.18 Å². The minimum absolute atomic E-state index is 0.0832. The lowest BCUT2D eigenvalue weighted by molar-refractivity contribution is -0.137. The van der Waals surface area contributed by atoms with Gasteiger partial charge in [-0.05, 0) is 35.4 Å². The van der Waals surface area contributed by atoms with Crippen LogP contribution in [0, 0.1) is 11.3 Å². The monoisotopic (exact) mass is 305 g/mol. The van der Waals surface area contributed by atoms with Gasteiger partial charge in [-0.3, -0.25) is 4.79 Å². The number of benzene rings is 2. The molecule has 0 fully saturated rings. The smallest absolute Gasteiger partial charge is 0.417 e. The summed E-state index contributed by atoms with van der Waals surface area (Å²) >= 11 is 0. The lowest BCUT2D eigenvalue weighted by Crippen LogP contribution is -2.08. The van der Waals surface area contributed by atoms with Crippen molar-refractivity contribution in [1.29, 1.82) is 5.26 Å². The Balaban J connectivity index is 2.67. The molecule has 3 nitrogen and oxygen atoms in total. The summed E-state index contributed by atoms with van der Waals surface area (Å²) < 4.78 is 44.5. The van der Waals surface area contributed by atoms with Crippen molar-refractivity contribution >= 4 is 6.29 Å². The van der Waals surface area contributed by atoms with Gasteiger partial charge < -0.3 is 4.74 Å². The van der Waals surface area contributed by atoms with E-state index < -0.39 is 11.7 Å². The molecule has 0 saturated heterocycles. The van der Waals surface area contributed by atoms with Gasteiger partial charge in [-0.1, -0.05) is 12.1 Å². The average molecular weight is 305 g/mol. The van der Waals surface area contributed by atoms with Gasteiger partial charge in [0, 0.05) is 0 Å². The molecule has 0 bridgehead atoms. The molecule has 0 amide bonds. The van der Waals surface area contributed by atoms with Crippen LogP contribution in [0.1, 0.15) is 21.5 Å². The highest BCUT2D eigenvalue weighted by Crippen LogP contribution is 2.38. The Kier molecular flexibility index (Phi) is 4.18. The number of methoxy groups -OCH3 is 1. The van der Waals surface area contributed by atoms with E-state index in [1.54, 1.807) is 6.07 Å². The van der Waals surface area contributed by atoms with Crippen molar-refractivity contribution < 1.29 is 22.7 Å². The third-order valence-electron chi connectivity index (χ3n) is 3.12. The molecule has 22 heavy (non-hydrogen) atoms. The van der Waals surface area contributed by atoms with E-state index in [9.17, 15) is 18.0 Å². The first kappa shape index (κ1) is 15.6. The van der Waals surface area contributed by atoms with Crippen LogP contribution in [0.2, 0.25) is 0 Å². The highest BCUT2D eigenvalue weighted by atomic mass is 19.4. The molecule has 0 N–H and O–H groups in total. The molecule has 0 aromatic heterocycles. The molecule has 0 heterocycles. The van der Waals surface area contributed by atoms with Crippen LogP contribution in [0.25, 0.3) is 11.1 Å². The highest BCUT2D eigenvalue weighted by molar-refractivity contribution is 5.83. The topological polar surface area (TPSA) is 50.1 Å². The number of nitriles is 1. The summed E-state index contributed by atoms with van der Waals surface area (Å²) in [4.78, 5) is 11.0. The van der Waals surface area contributed by atoms with Crippen LogP contribution < -0.4 is 4.74 Å². The third-order valence-corrected chi connectivity index (χ3v) is 3.12. The molecule has 0 spiro atoms. The maximum atomic E-state index is 13.2. The quantitative estimate of drug-likeness (QED) is 0.803. The van der Waals surface area contributed by atoms with Gasteiger partial charge in [-0.2, -0.15) is 18.4 Å². The fourth-order valence-corrected chi connectivity index (χ4v) is 2.09. The number of carbonyl (C=O) groups is 1. The van der Waals surface area contributed by atoms with Crippen molar-refractivity contribution in [2.24, 2.45) is 0 Å². The zero-order chi connectivity index (χ0) is 16.3. The van der Waals surface area contributed by atoms with Crippen LogP contribution in [-0.4, -0.2) is 13.4 Å². The fourth-order valence-electron chi connectivity index (χ4n) is 2.09. The van der Waals surface area contributed by atoms with Gasteiger partial charge in [0.05, 0.1) is 29.9 Å². The van der Waals surface area contributed by atoms with Gasteiger partial charge >= 0.3 is 6.18 Å². The van der Waals surface area contributed by atoms with Crippen LogP contribution in [0.5, 0.6) is 5.75 Å². The van der Waals surface area contributed by atoms with Crippen molar-refractivity contribution in [3.05, 3.63) is 53.1 Å². The Bertz CT molecular complexity index is 761. The largest absolute Gasteiger partial charge is 0.496 e. The molecule has 2 rings (SSSR count). The number of halogens is 3. The van der Waals surface area contributed by atoms with E-state index in [4.69, 9.17) is 10.00 Å². The van der Waals surface area contributed by atoms with Gasteiger partial charge in [0.25, 0.3) is 0 Å². The van der Waals surface area contributed by atoms with Gasteiger partial charge in [0.15, 0.2) is 6.29 Å². The van der Waals surface area contributed by atoms with E-state index in [1.807, 2.05) is 0 Å². The van der Waals surface area contributed by atoms with E-state index in [0.717, 1.165) is 6.07 Å². The Hall–Kier alpha value is -2.81. The molecule has 0 aliphatic heterocycles. The van der Waals surface area contributed by atoms with E-state index in [0.29, 0.717) is 6.29 Å². The van der Waals surface area contributed by atoms with Crippen LogP contribution in [0.4, 0.5) is 13.2 Å². The Labute approximate surface area is 124 Å². The molecule has 0 saturated carbocycles. The molecule has 0 aliphatic carbocycles. The third kappa shape index (κ3) is 2.93. The van der Waals surface area contributed by atoms with Crippen molar-refractivity contribution in [1.82, 2.24) is 0 Å². The maximum absolute atomic E-state index is 13.2. The normalized spacial score (nSPS) is 10.9. The second-order valence-corrected chi connectivity index (χ2v) is 4.44. The van der Waals surface area contributed by atoms with Crippen molar-refractivity contribution in [2.75, 3.05) is 7.11 Å². The molecule has 0 radical (unpaired) electrons. The van der Waals surface area contributed by atoms with Crippen LogP contribution >= 0.6 is 0 Å². The maximum Gasteiger partial charge on any atom is 0.417 e. The number of hydrogen-bond acceptors (Lipinski definition) is 3. The van der Waals surface area contributed by atoms with Crippen molar-refractivity contribution in [3.8, 4) is 22.9 Å². The Morgan fingerprint density at radius 1 is 1.18 bits per heavy atom. The standard InChI is InChI=1S/C16H10F3NO2/c1-22-15-5-3-11(7-12(15)9-21)13-4-2-10(8-20)6-14(13)16(17,18)19/h2-7,9H,1H3. The first-order valence-electron chi connectivity index (χ1n) is 6.15. The molecule has 6 heteroatoms. The Morgan fingerprint density at radius 3 is 2.45 bits per heavy atom.